The van der Waals surface area contributed by atoms with E-state index >= 15 is 0 Å². The first-order chi connectivity index (χ1) is 6.84. The van der Waals surface area contributed by atoms with Crippen molar-refractivity contribution in [3.8, 4) is 0 Å². The van der Waals surface area contributed by atoms with Crippen molar-refractivity contribution in [1.29, 1.82) is 0 Å². The monoisotopic (exact) mass is 222 g/mol. The van der Waals surface area contributed by atoms with Gasteiger partial charge in [-0.3, -0.25) is 0 Å². The number of aryl methyl sites for hydroxylation is 2. The van der Waals surface area contributed by atoms with Gasteiger partial charge in [-0.1, -0.05) is 23.7 Å². The van der Waals surface area contributed by atoms with Gasteiger partial charge >= 0.3 is 0 Å². The molecule has 1 aromatic heterocycles. The summed E-state index contributed by atoms with van der Waals surface area (Å²) in [6.07, 6.45) is 1.98. The second-order valence-electron chi connectivity index (χ2n) is 3.06. The van der Waals surface area contributed by atoms with Crippen LogP contribution in [0, 0.1) is 5.51 Å². The summed E-state index contributed by atoms with van der Waals surface area (Å²) < 4.78 is 0. The molecule has 0 aliphatic heterocycles. The van der Waals surface area contributed by atoms with Crippen molar-refractivity contribution in [3.63, 3.8) is 0 Å². The summed E-state index contributed by atoms with van der Waals surface area (Å²) in [4.78, 5) is 4.12. The molecule has 2 rings (SSSR count). The average molecular weight is 223 g/mol. The van der Waals surface area contributed by atoms with E-state index in [2.05, 4.69) is 22.6 Å². The zero-order chi connectivity index (χ0) is 9.80. The van der Waals surface area contributed by atoms with E-state index in [1.165, 1.54) is 16.9 Å². The van der Waals surface area contributed by atoms with Crippen LogP contribution in [0.4, 0.5) is 0 Å². The normalized spacial score (nSPS) is 10.4. The lowest BCUT2D eigenvalue weighted by Gasteiger charge is -1.98. The molecule has 0 spiro atoms. The molecule has 1 radical (unpaired) electrons. The summed E-state index contributed by atoms with van der Waals surface area (Å²) in [5.41, 5.74) is 5.26. The van der Waals surface area contributed by atoms with Gasteiger partial charge in [0.25, 0.3) is 0 Å². The largest absolute Gasteiger partial charge is 0.239 e. The SMILES string of the molecule is Clc1ccc(CCc2cs[c]n2)cc1. The first-order valence-electron chi connectivity index (χ1n) is 4.39. The molecule has 0 aliphatic carbocycles. The van der Waals surface area contributed by atoms with Crippen molar-refractivity contribution >= 4 is 22.9 Å². The Morgan fingerprint density at radius 3 is 2.64 bits per heavy atom. The molecule has 0 unspecified atom stereocenters. The highest BCUT2D eigenvalue weighted by Gasteiger charge is 1.97. The van der Waals surface area contributed by atoms with Gasteiger partial charge in [0.05, 0.1) is 5.69 Å². The topological polar surface area (TPSA) is 12.9 Å². The average Bonchev–Trinajstić information content (AvgIpc) is 2.70. The fourth-order valence-electron chi connectivity index (χ4n) is 1.24. The number of benzene rings is 1. The third-order valence-corrected chi connectivity index (χ3v) is 2.86. The maximum Gasteiger partial charge on any atom is 0.152 e. The first-order valence-corrected chi connectivity index (χ1v) is 5.65. The van der Waals surface area contributed by atoms with Crippen LogP contribution in [-0.4, -0.2) is 4.98 Å². The summed E-state index contributed by atoms with van der Waals surface area (Å²) in [6, 6.07) is 7.95. The van der Waals surface area contributed by atoms with Crippen LogP contribution < -0.4 is 0 Å². The number of thiazole rings is 1. The third kappa shape index (κ3) is 2.56. The first kappa shape index (κ1) is 9.69. The van der Waals surface area contributed by atoms with Gasteiger partial charge in [-0.2, -0.15) is 0 Å². The highest BCUT2D eigenvalue weighted by molar-refractivity contribution is 7.07. The van der Waals surface area contributed by atoms with Crippen LogP contribution in [0.2, 0.25) is 5.02 Å². The van der Waals surface area contributed by atoms with Gasteiger partial charge in [-0.15, -0.1) is 11.3 Å². The van der Waals surface area contributed by atoms with Gasteiger partial charge in [0.2, 0.25) is 0 Å². The zero-order valence-electron chi connectivity index (χ0n) is 7.53. The lowest BCUT2D eigenvalue weighted by molar-refractivity contribution is 0.925. The Labute approximate surface area is 92.4 Å². The van der Waals surface area contributed by atoms with Crippen molar-refractivity contribution in [1.82, 2.24) is 4.98 Å². The van der Waals surface area contributed by atoms with Crippen molar-refractivity contribution < 1.29 is 0 Å². The molecule has 0 N–H and O–H groups in total. The van der Waals surface area contributed by atoms with Crippen LogP contribution >= 0.6 is 22.9 Å². The number of aromatic nitrogens is 1. The lowest BCUT2D eigenvalue weighted by Crippen LogP contribution is -1.90. The van der Waals surface area contributed by atoms with Gasteiger partial charge in [-0.05, 0) is 30.5 Å². The van der Waals surface area contributed by atoms with E-state index in [9.17, 15) is 0 Å². The molecule has 1 aromatic carbocycles. The molecule has 0 aliphatic rings. The van der Waals surface area contributed by atoms with E-state index in [-0.39, 0.29) is 0 Å². The van der Waals surface area contributed by atoms with E-state index in [1.807, 2.05) is 17.5 Å². The highest BCUT2D eigenvalue weighted by atomic mass is 35.5. The Kier molecular flexibility index (Phi) is 3.17. The minimum Gasteiger partial charge on any atom is -0.239 e. The quantitative estimate of drug-likeness (QED) is 0.776. The lowest BCUT2D eigenvalue weighted by atomic mass is 10.1. The standard InChI is InChI=1S/C11H9ClNS/c12-10-4-1-9(2-5-10)3-6-11-7-14-8-13-11/h1-2,4-5,7H,3,6H2. The van der Waals surface area contributed by atoms with E-state index in [0.29, 0.717) is 0 Å². The van der Waals surface area contributed by atoms with Crippen molar-refractivity contribution in [3.05, 3.63) is 51.4 Å². The summed E-state index contributed by atoms with van der Waals surface area (Å²) in [7, 11) is 0. The fourth-order valence-corrected chi connectivity index (χ4v) is 1.90. The number of rotatable bonds is 3. The molecule has 2 aromatic rings. The number of hydrogen-bond donors (Lipinski definition) is 0. The second kappa shape index (κ2) is 4.58. The summed E-state index contributed by atoms with van der Waals surface area (Å²) in [5.74, 6) is 0. The minimum absolute atomic E-state index is 0.788. The smallest absolute Gasteiger partial charge is 0.152 e. The Morgan fingerprint density at radius 2 is 2.00 bits per heavy atom. The molecular formula is C11H9ClNS. The summed E-state index contributed by atoms with van der Waals surface area (Å²) in [6.45, 7) is 0. The second-order valence-corrected chi connectivity index (χ2v) is 4.15. The molecule has 0 bridgehead atoms. The van der Waals surface area contributed by atoms with Crippen LogP contribution in [0.3, 0.4) is 0 Å². The Balaban J connectivity index is 1.95. The molecule has 71 valence electrons. The van der Waals surface area contributed by atoms with Crippen molar-refractivity contribution in [2.45, 2.75) is 12.8 Å². The predicted molar refractivity (Wildman–Crippen MR) is 59.8 cm³/mol. The van der Waals surface area contributed by atoms with Crippen molar-refractivity contribution in [2.24, 2.45) is 0 Å². The molecule has 0 saturated carbocycles. The van der Waals surface area contributed by atoms with Gasteiger partial charge in [0.15, 0.2) is 5.51 Å². The molecule has 0 atom stereocenters. The maximum absolute atomic E-state index is 5.80. The molecule has 1 heterocycles. The van der Waals surface area contributed by atoms with Crippen LogP contribution in [0.15, 0.2) is 29.6 Å². The molecule has 1 nitrogen and oxygen atoms in total. The van der Waals surface area contributed by atoms with Gasteiger partial charge in [0.1, 0.15) is 0 Å². The summed E-state index contributed by atoms with van der Waals surface area (Å²) >= 11 is 7.32. The Hall–Kier alpha value is -0.860. The number of nitrogens with zero attached hydrogens (tertiary/aromatic N) is 1. The molecule has 0 fully saturated rings. The third-order valence-electron chi connectivity index (χ3n) is 2.02. The van der Waals surface area contributed by atoms with Gasteiger partial charge in [0, 0.05) is 10.4 Å². The highest BCUT2D eigenvalue weighted by Crippen LogP contribution is 2.12. The predicted octanol–water partition coefficient (Wildman–Crippen LogP) is 3.38. The van der Waals surface area contributed by atoms with Crippen molar-refractivity contribution in [2.75, 3.05) is 0 Å². The van der Waals surface area contributed by atoms with Gasteiger partial charge < -0.3 is 0 Å². The van der Waals surface area contributed by atoms with E-state index in [0.717, 1.165) is 23.6 Å². The molecular weight excluding hydrogens is 214 g/mol. The Morgan fingerprint density at radius 1 is 1.21 bits per heavy atom. The van der Waals surface area contributed by atoms with Crippen LogP contribution in [-0.2, 0) is 12.8 Å². The van der Waals surface area contributed by atoms with E-state index in [4.69, 9.17) is 11.6 Å². The molecule has 0 saturated heterocycles. The molecule has 14 heavy (non-hydrogen) atoms. The Bertz CT molecular complexity index is 380. The molecule has 3 heteroatoms. The van der Waals surface area contributed by atoms with Crippen LogP contribution in [0.25, 0.3) is 0 Å². The molecule has 0 amide bonds. The van der Waals surface area contributed by atoms with Crippen LogP contribution in [0.5, 0.6) is 0 Å². The number of hydrogen-bond acceptors (Lipinski definition) is 2. The van der Waals surface area contributed by atoms with Gasteiger partial charge in [-0.25, -0.2) is 4.98 Å². The van der Waals surface area contributed by atoms with E-state index in [1.54, 1.807) is 0 Å². The zero-order valence-corrected chi connectivity index (χ0v) is 9.11. The minimum atomic E-state index is 0.788. The summed E-state index contributed by atoms with van der Waals surface area (Å²) in [5, 5.41) is 2.83. The van der Waals surface area contributed by atoms with E-state index < -0.39 is 0 Å². The fraction of sp³-hybridized carbons (Fsp3) is 0.182. The number of halogens is 1. The maximum atomic E-state index is 5.80. The van der Waals surface area contributed by atoms with Crippen LogP contribution in [0.1, 0.15) is 11.3 Å².